The summed E-state index contributed by atoms with van der Waals surface area (Å²) >= 11 is 0. The first kappa shape index (κ1) is 13.8. The average molecular weight is 272 g/mol. The summed E-state index contributed by atoms with van der Waals surface area (Å²) in [5.41, 5.74) is 2.28. The van der Waals surface area contributed by atoms with Gasteiger partial charge in [-0.15, -0.1) is 0 Å². The lowest BCUT2D eigenvalue weighted by Crippen LogP contribution is -2.04. The molecule has 2 aromatic rings. The second-order valence-electron chi connectivity index (χ2n) is 4.45. The molecule has 0 amide bonds. The van der Waals surface area contributed by atoms with Crippen molar-refractivity contribution in [2.45, 2.75) is 13.5 Å². The molecule has 20 heavy (non-hydrogen) atoms. The van der Waals surface area contributed by atoms with Gasteiger partial charge in [0.15, 0.2) is 0 Å². The van der Waals surface area contributed by atoms with E-state index in [1.807, 2.05) is 25.1 Å². The van der Waals surface area contributed by atoms with Crippen molar-refractivity contribution in [3.63, 3.8) is 0 Å². The fourth-order valence-corrected chi connectivity index (χ4v) is 1.85. The highest BCUT2D eigenvalue weighted by Gasteiger charge is 2.10. The van der Waals surface area contributed by atoms with Crippen molar-refractivity contribution >= 4 is 17.3 Å². The van der Waals surface area contributed by atoms with Crippen LogP contribution in [-0.4, -0.2) is 17.0 Å². The molecule has 0 atom stereocenters. The molecule has 1 aromatic heterocycles. The largest absolute Gasteiger partial charge is 0.373 e. The normalized spacial score (nSPS) is 10.1. The van der Waals surface area contributed by atoms with Gasteiger partial charge < -0.3 is 10.6 Å². The summed E-state index contributed by atoms with van der Waals surface area (Å²) in [5, 5.41) is 16.8. The molecule has 0 spiro atoms. The fourth-order valence-electron chi connectivity index (χ4n) is 1.85. The topological polar surface area (TPSA) is 80.1 Å². The third-order valence-electron chi connectivity index (χ3n) is 2.83. The Morgan fingerprint density at radius 1 is 1.25 bits per heavy atom. The summed E-state index contributed by atoms with van der Waals surface area (Å²) in [6, 6.07) is 10.9. The first-order valence-corrected chi connectivity index (χ1v) is 6.22. The summed E-state index contributed by atoms with van der Waals surface area (Å²) in [5.74, 6) is 0.941. The number of nitro groups is 1. The van der Waals surface area contributed by atoms with Crippen LogP contribution >= 0.6 is 0 Å². The second-order valence-corrected chi connectivity index (χ2v) is 4.45. The van der Waals surface area contributed by atoms with Crippen LogP contribution in [0.3, 0.4) is 0 Å². The van der Waals surface area contributed by atoms with Crippen molar-refractivity contribution in [1.29, 1.82) is 0 Å². The number of aromatic nitrogens is 1. The maximum Gasteiger partial charge on any atom is 0.276 e. The molecule has 0 unspecified atom stereocenters. The minimum Gasteiger partial charge on any atom is -0.373 e. The maximum absolute atomic E-state index is 10.9. The molecule has 0 fully saturated rings. The Labute approximate surface area is 117 Å². The second kappa shape index (κ2) is 6.01. The van der Waals surface area contributed by atoms with Crippen LogP contribution in [0.2, 0.25) is 0 Å². The first-order valence-electron chi connectivity index (χ1n) is 6.22. The zero-order valence-electron chi connectivity index (χ0n) is 11.4. The number of hydrogen-bond acceptors (Lipinski definition) is 5. The Bertz CT molecular complexity index is 628. The minimum absolute atomic E-state index is 0.0103. The van der Waals surface area contributed by atoms with Gasteiger partial charge in [0.2, 0.25) is 0 Å². The number of hydrogen-bond donors (Lipinski definition) is 2. The maximum atomic E-state index is 10.9. The molecule has 0 saturated heterocycles. The Kier molecular flexibility index (Phi) is 4.14. The van der Waals surface area contributed by atoms with Crippen molar-refractivity contribution in [3.05, 3.63) is 57.6 Å². The number of aryl methyl sites for hydroxylation is 1. The summed E-state index contributed by atoms with van der Waals surface area (Å²) in [6.45, 7) is 2.59. The van der Waals surface area contributed by atoms with E-state index in [1.165, 1.54) is 17.7 Å². The summed E-state index contributed by atoms with van der Waals surface area (Å²) in [7, 11) is 1.68. The molecule has 104 valence electrons. The van der Waals surface area contributed by atoms with E-state index in [0.29, 0.717) is 18.2 Å². The van der Waals surface area contributed by atoms with E-state index in [9.17, 15) is 10.1 Å². The predicted molar refractivity (Wildman–Crippen MR) is 78.9 cm³/mol. The third-order valence-corrected chi connectivity index (χ3v) is 2.83. The van der Waals surface area contributed by atoms with Crippen LogP contribution in [0.4, 0.5) is 17.3 Å². The lowest BCUT2D eigenvalue weighted by atomic mass is 10.1. The van der Waals surface area contributed by atoms with Gasteiger partial charge in [-0.25, -0.2) is 4.98 Å². The molecule has 0 aliphatic heterocycles. The van der Waals surface area contributed by atoms with Gasteiger partial charge in [-0.1, -0.05) is 29.8 Å². The lowest BCUT2D eigenvalue weighted by molar-refractivity contribution is -0.384. The quantitative estimate of drug-likeness (QED) is 0.646. The highest BCUT2D eigenvalue weighted by Crippen LogP contribution is 2.20. The van der Waals surface area contributed by atoms with Crippen molar-refractivity contribution < 1.29 is 4.92 Å². The number of nitrogens with one attached hydrogen (secondary N) is 2. The molecule has 6 heteroatoms. The van der Waals surface area contributed by atoms with Crippen LogP contribution in [0.15, 0.2) is 36.4 Å². The summed E-state index contributed by atoms with van der Waals surface area (Å²) in [4.78, 5) is 14.7. The van der Waals surface area contributed by atoms with Crippen molar-refractivity contribution in [1.82, 2.24) is 4.98 Å². The monoisotopic (exact) mass is 272 g/mol. The van der Waals surface area contributed by atoms with E-state index < -0.39 is 4.92 Å². The Hall–Kier alpha value is -2.63. The number of pyridine rings is 1. The molecular formula is C14H16N4O2. The van der Waals surface area contributed by atoms with Gasteiger partial charge in [-0.2, -0.15) is 0 Å². The summed E-state index contributed by atoms with van der Waals surface area (Å²) < 4.78 is 0. The van der Waals surface area contributed by atoms with E-state index in [2.05, 4.69) is 21.7 Å². The van der Waals surface area contributed by atoms with Crippen molar-refractivity contribution in [2.24, 2.45) is 0 Å². The van der Waals surface area contributed by atoms with Gasteiger partial charge in [0.05, 0.1) is 17.1 Å². The van der Waals surface area contributed by atoms with Gasteiger partial charge in [0.1, 0.15) is 11.6 Å². The Morgan fingerprint density at radius 2 is 2.00 bits per heavy atom. The molecule has 1 aromatic carbocycles. The van der Waals surface area contributed by atoms with Gasteiger partial charge in [0, 0.05) is 13.6 Å². The highest BCUT2D eigenvalue weighted by atomic mass is 16.6. The SMILES string of the molecule is CNc1cc([N+](=O)[O-])cc(NCc2cccc(C)c2)n1. The Balaban J connectivity index is 2.16. The standard InChI is InChI=1S/C14H16N4O2/c1-10-4-3-5-11(6-10)9-16-14-8-12(18(19)20)7-13(15-2)17-14/h3-8H,9H2,1-2H3,(H2,15,16,17). The molecule has 1 heterocycles. The highest BCUT2D eigenvalue weighted by molar-refractivity contribution is 5.54. The van der Waals surface area contributed by atoms with Crippen LogP contribution in [0, 0.1) is 17.0 Å². The van der Waals surface area contributed by atoms with E-state index in [-0.39, 0.29) is 5.69 Å². The van der Waals surface area contributed by atoms with E-state index in [1.54, 1.807) is 7.05 Å². The van der Waals surface area contributed by atoms with Gasteiger partial charge in [0.25, 0.3) is 5.69 Å². The molecule has 0 radical (unpaired) electrons. The smallest absolute Gasteiger partial charge is 0.276 e. The van der Waals surface area contributed by atoms with Crippen LogP contribution in [0.25, 0.3) is 0 Å². The van der Waals surface area contributed by atoms with Crippen molar-refractivity contribution in [3.8, 4) is 0 Å². The average Bonchev–Trinajstić information content (AvgIpc) is 2.45. The predicted octanol–water partition coefficient (Wildman–Crippen LogP) is 2.95. The van der Waals surface area contributed by atoms with Crippen LogP contribution < -0.4 is 10.6 Å². The number of nitrogens with zero attached hydrogens (tertiary/aromatic N) is 2. The molecule has 6 nitrogen and oxygen atoms in total. The van der Waals surface area contributed by atoms with Crippen molar-refractivity contribution in [2.75, 3.05) is 17.7 Å². The molecule has 2 N–H and O–H groups in total. The first-order chi connectivity index (χ1) is 9.58. The van der Waals surface area contributed by atoms with E-state index in [0.717, 1.165) is 5.56 Å². The lowest BCUT2D eigenvalue weighted by Gasteiger charge is -2.08. The van der Waals surface area contributed by atoms with Crippen LogP contribution in [0.1, 0.15) is 11.1 Å². The number of benzene rings is 1. The number of rotatable bonds is 5. The van der Waals surface area contributed by atoms with Crippen LogP contribution in [0.5, 0.6) is 0 Å². The molecule has 2 rings (SSSR count). The molecule has 0 saturated carbocycles. The van der Waals surface area contributed by atoms with Gasteiger partial charge in [-0.3, -0.25) is 10.1 Å². The summed E-state index contributed by atoms with van der Waals surface area (Å²) in [6.07, 6.45) is 0. The zero-order valence-corrected chi connectivity index (χ0v) is 11.4. The molecule has 0 bridgehead atoms. The van der Waals surface area contributed by atoms with Gasteiger partial charge >= 0.3 is 0 Å². The van der Waals surface area contributed by atoms with Crippen LogP contribution in [-0.2, 0) is 6.54 Å². The fraction of sp³-hybridized carbons (Fsp3) is 0.214. The molecular weight excluding hydrogens is 256 g/mol. The minimum atomic E-state index is -0.430. The van der Waals surface area contributed by atoms with E-state index in [4.69, 9.17) is 0 Å². The zero-order chi connectivity index (χ0) is 14.5. The molecule has 0 aliphatic carbocycles. The third kappa shape index (κ3) is 3.44. The van der Waals surface area contributed by atoms with Gasteiger partial charge in [-0.05, 0) is 12.5 Å². The number of anilines is 2. The Morgan fingerprint density at radius 3 is 2.65 bits per heavy atom. The molecule has 0 aliphatic rings. The van der Waals surface area contributed by atoms with E-state index >= 15 is 0 Å².